The van der Waals surface area contributed by atoms with Crippen LogP contribution in [0.1, 0.15) is 12.6 Å². The van der Waals surface area contributed by atoms with Gasteiger partial charge in [0.2, 0.25) is 0 Å². The number of carbonyl (C=O) groups excluding carboxylic acids is 2. The van der Waals surface area contributed by atoms with E-state index in [0.717, 1.165) is 4.47 Å². The van der Waals surface area contributed by atoms with Gasteiger partial charge in [-0.3, -0.25) is 5.32 Å². The molecule has 0 radical (unpaired) electrons. The van der Waals surface area contributed by atoms with Gasteiger partial charge in [0.15, 0.2) is 5.13 Å². The lowest BCUT2D eigenvalue weighted by molar-refractivity contribution is -0.137. The lowest BCUT2D eigenvalue weighted by Gasteiger charge is -2.05. The Hall–Kier alpha value is -2.19. The first-order valence-electron chi connectivity index (χ1n) is 6.70. The molecule has 0 aliphatic heterocycles. The molecule has 23 heavy (non-hydrogen) atoms. The average molecular weight is 396 g/mol. The summed E-state index contributed by atoms with van der Waals surface area (Å²) in [6.07, 6.45) is 2.83. The van der Waals surface area contributed by atoms with Gasteiger partial charge in [0, 0.05) is 21.6 Å². The maximum Gasteiger partial charge on any atom is 0.330 e. The van der Waals surface area contributed by atoms with Crippen LogP contribution in [-0.4, -0.2) is 23.6 Å². The second kappa shape index (κ2) is 8.44. The molecular weight excluding hydrogens is 382 g/mol. The smallest absolute Gasteiger partial charge is 0.330 e. The molecule has 0 fully saturated rings. The van der Waals surface area contributed by atoms with Crippen molar-refractivity contribution in [2.75, 3.05) is 17.2 Å². The highest BCUT2D eigenvalue weighted by Crippen LogP contribution is 2.18. The van der Waals surface area contributed by atoms with Gasteiger partial charge in [-0.25, -0.2) is 14.6 Å². The van der Waals surface area contributed by atoms with Crippen LogP contribution in [0.4, 0.5) is 15.6 Å². The summed E-state index contributed by atoms with van der Waals surface area (Å²) < 4.78 is 5.71. The van der Waals surface area contributed by atoms with Gasteiger partial charge in [-0.15, -0.1) is 11.3 Å². The molecule has 2 N–H and O–H groups in total. The van der Waals surface area contributed by atoms with E-state index in [1.54, 1.807) is 24.4 Å². The average Bonchev–Trinajstić information content (AvgIpc) is 2.95. The topological polar surface area (TPSA) is 80.3 Å². The number of carbonyl (C=O) groups is 2. The lowest BCUT2D eigenvalue weighted by atomic mass is 10.3. The van der Waals surface area contributed by atoms with Crippen LogP contribution < -0.4 is 10.6 Å². The molecule has 8 heteroatoms. The van der Waals surface area contributed by atoms with Crippen LogP contribution in [0.25, 0.3) is 6.08 Å². The molecule has 0 saturated carbocycles. The minimum Gasteiger partial charge on any atom is -0.463 e. The third-order valence-electron chi connectivity index (χ3n) is 2.52. The van der Waals surface area contributed by atoms with Crippen LogP contribution in [0.3, 0.4) is 0 Å². The highest BCUT2D eigenvalue weighted by molar-refractivity contribution is 9.10. The quantitative estimate of drug-likeness (QED) is 0.589. The summed E-state index contributed by atoms with van der Waals surface area (Å²) in [7, 11) is 0. The number of anilines is 2. The fraction of sp³-hybridized carbons (Fsp3) is 0.133. The second-order valence-electron chi connectivity index (χ2n) is 4.25. The van der Waals surface area contributed by atoms with Crippen molar-refractivity contribution >= 4 is 56.2 Å². The molecule has 1 aromatic carbocycles. The predicted octanol–water partition coefficient (Wildman–Crippen LogP) is 4.13. The predicted molar refractivity (Wildman–Crippen MR) is 94.6 cm³/mol. The number of aromatic nitrogens is 1. The molecule has 0 unspecified atom stereocenters. The molecule has 1 heterocycles. The summed E-state index contributed by atoms with van der Waals surface area (Å²) in [4.78, 5) is 27.3. The number of urea groups is 1. The van der Waals surface area contributed by atoms with Gasteiger partial charge in [-0.2, -0.15) is 0 Å². The number of nitrogens with one attached hydrogen (secondary N) is 2. The molecule has 0 aliphatic rings. The number of thiazole rings is 1. The van der Waals surface area contributed by atoms with E-state index in [1.807, 2.05) is 12.1 Å². The van der Waals surface area contributed by atoms with Crippen molar-refractivity contribution in [1.29, 1.82) is 0 Å². The number of ether oxygens (including phenoxy) is 1. The minimum absolute atomic E-state index is 0.323. The summed E-state index contributed by atoms with van der Waals surface area (Å²) in [6, 6.07) is 6.83. The van der Waals surface area contributed by atoms with Crippen LogP contribution in [0, 0.1) is 0 Å². The SMILES string of the molecule is CCOC(=O)C=Cc1csc(NC(=O)Nc2ccc(Br)cc2)n1. The van der Waals surface area contributed by atoms with Crippen LogP contribution in [0.5, 0.6) is 0 Å². The van der Waals surface area contributed by atoms with Crippen LogP contribution in [0.15, 0.2) is 40.2 Å². The number of amides is 2. The van der Waals surface area contributed by atoms with E-state index in [-0.39, 0.29) is 6.03 Å². The molecular formula is C15H14BrN3O3S. The lowest BCUT2D eigenvalue weighted by Crippen LogP contribution is -2.19. The third kappa shape index (κ3) is 5.84. The summed E-state index contributed by atoms with van der Waals surface area (Å²) in [6.45, 7) is 2.06. The first-order valence-corrected chi connectivity index (χ1v) is 8.38. The first-order chi connectivity index (χ1) is 11.1. The van der Waals surface area contributed by atoms with Gasteiger partial charge < -0.3 is 10.1 Å². The van der Waals surface area contributed by atoms with E-state index in [4.69, 9.17) is 4.74 Å². The van der Waals surface area contributed by atoms with Gasteiger partial charge in [0.25, 0.3) is 0 Å². The van der Waals surface area contributed by atoms with Gasteiger partial charge in [0.05, 0.1) is 12.3 Å². The molecule has 0 atom stereocenters. The van der Waals surface area contributed by atoms with Crippen molar-refractivity contribution in [1.82, 2.24) is 4.98 Å². The summed E-state index contributed by atoms with van der Waals surface area (Å²) >= 11 is 4.59. The fourth-order valence-electron chi connectivity index (χ4n) is 1.56. The third-order valence-corrected chi connectivity index (χ3v) is 3.83. The van der Waals surface area contributed by atoms with E-state index in [9.17, 15) is 9.59 Å². The number of nitrogens with zero attached hydrogens (tertiary/aromatic N) is 1. The molecule has 0 saturated heterocycles. The minimum atomic E-state index is -0.428. The highest BCUT2D eigenvalue weighted by Gasteiger charge is 2.06. The Morgan fingerprint density at radius 3 is 2.74 bits per heavy atom. The molecule has 0 bridgehead atoms. The van der Waals surface area contributed by atoms with Crippen LogP contribution >= 0.6 is 27.3 Å². The van der Waals surface area contributed by atoms with Crippen LogP contribution in [0.2, 0.25) is 0 Å². The number of esters is 1. The molecule has 120 valence electrons. The van der Waals surface area contributed by atoms with Crippen molar-refractivity contribution in [2.24, 2.45) is 0 Å². The fourth-order valence-corrected chi connectivity index (χ4v) is 2.49. The first kappa shape index (κ1) is 17.2. The van der Waals surface area contributed by atoms with Crippen molar-refractivity contribution in [3.63, 3.8) is 0 Å². The van der Waals surface area contributed by atoms with Crippen molar-refractivity contribution in [3.05, 3.63) is 45.9 Å². The molecule has 1 aromatic heterocycles. The number of rotatable bonds is 5. The Morgan fingerprint density at radius 1 is 1.30 bits per heavy atom. The van der Waals surface area contributed by atoms with E-state index >= 15 is 0 Å². The zero-order valence-corrected chi connectivity index (χ0v) is 14.6. The Bertz CT molecular complexity index is 713. The molecule has 2 amide bonds. The number of benzene rings is 1. The van der Waals surface area contributed by atoms with Gasteiger partial charge >= 0.3 is 12.0 Å². The highest BCUT2D eigenvalue weighted by atomic mass is 79.9. The zero-order valence-electron chi connectivity index (χ0n) is 12.2. The second-order valence-corrected chi connectivity index (χ2v) is 6.02. The van der Waals surface area contributed by atoms with E-state index in [2.05, 4.69) is 31.5 Å². The number of halogens is 1. The Labute approximate surface area is 145 Å². The molecule has 0 aliphatic carbocycles. The van der Waals surface area contributed by atoms with Crippen LogP contribution in [-0.2, 0) is 9.53 Å². The van der Waals surface area contributed by atoms with E-state index in [0.29, 0.717) is 23.1 Å². The Kier molecular flexibility index (Phi) is 6.30. The zero-order chi connectivity index (χ0) is 16.7. The number of hydrogen-bond donors (Lipinski definition) is 2. The number of hydrogen-bond acceptors (Lipinski definition) is 5. The standard InChI is InChI=1S/C15H14BrN3O3S/c1-2-22-13(20)8-7-12-9-23-15(18-12)19-14(21)17-11-5-3-10(16)4-6-11/h3-9H,2H2,1H3,(H2,17,18,19,21). The maximum atomic E-state index is 11.9. The Balaban J connectivity index is 1.89. The van der Waals surface area contributed by atoms with Gasteiger partial charge in [-0.1, -0.05) is 15.9 Å². The normalized spacial score (nSPS) is 10.5. The van der Waals surface area contributed by atoms with Gasteiger partial charge in [-0.05, 0) is 37.3 Å². The molecule has 2 aromatic rings. The van der Waals surface area contributed by atoms with E-state index in [1.165, 1.54) is 23.5 Å². The maximum absolute atomic E-state index is 11.9. The monoisotopic (exact) mass is 395 g/mol. The van der Waals surface area contributed by atoms with Crippen molar-refractivity contribution < 1.29 is 14.3 Å². The molecule has 6 nitrogen and oxygen atoms in total. The van der Waals surface area contributed by atoms with E-state index < -0.39 is 5.97 Å². The largest absolute Gasteiger partial charge is 0.463 e. The van der Waals surface area contributed by atoms with Crippen molar-refractivity contribution in [2.45, 2.75) is 6.92 Å². The Morgan fingerprint density at radius 2 is 2.04 bits per heavy atom. The van der Waals surface area contributed by atoms with Crippen molar-refractivity contribution in [3.8, 4) is 0 Å². The molecule has 0 spiro atoms. The molecule has 2 rings (SSSR count). The summed E-state index contributed by atoms with van der Waals surface area (Å²) in [5, 5.41) is 7.49. The summed E-state index contributed by atoms with van der Waals surface area (Å²) in [5.74, 6) is -0.428. The summed E-state index contributed by atoms with van der Waals surface area (Å²) in [5.41, 5.74) is 1.24. The van der Waals surface area contributed by atoms with Gasteiger partial charge in [0.1, 0.15) is 0 Å².